The van der Waals surface area contributed by atoms with Crippen LogP contribution in [0.2, 0.25) is 0 Å². The monoisotopic (exact) mass is 339 g/mol. The Morgan fingerprint density at radius 1 is 1.40 bits per heavy atom. The number of rotatable bonds is 6. The molecule has 0 unspecified atom stereocenters. The van der Waals surface area contributed by atoms with Crippen LogP contribution in [0.5, 0.6) is 0 Å². The van der Waals surface area contributed by atoms with Crippen LogP contribution in [-0.2, 0) is 6.42 Å². The van der Waals surface area contributed by atoms with Crippen molar-refractivity contribution in [3.63, 3.8) is 0 Å². The minimum Gasteiger partial charge on any atom is -0.330 e. The number of nitrogens with zero attached hydrogens (tertiary/aromatic N) is 4. The summed E-state index contributed by atoms with van der Waals surface area (Å²) in [7, 11) is 0. The van der Waals surface area contributed by atoms with Crippen molar-refractivity contribution in [1.29, 1.82) is 0 Å². The molecule has 0 spiro atoms. The quantitative estimate of drug-likeness (QED) is 0.494. The summed E-state index contributed by atoms with van der Waals surface area (Å²) in [6.07, 6.45) is 4.46. The molecule has 2 rings (SSSR count). The van der Waals surface area contributed by atoms with Gasteiger partial charge in [0.1, 0.15) is 0 Å². The van der Waals surface area contributed by atoms with Crippen molar-refractivity contribution in [2.24, 2.45) is 5.73 Å². The molecular weight excluding hydrogens is 326 g/mol. The molecule has 0 amide bonds. The fourth-order valence-corrected chi connectivity index (χ4v) is 2.20. The van der Waals surface area contributed by atoms with E-state index in [1.165, 1.54) is 16.8 Å². The Hall–Kier alpha value is -1.80. The van der Waals surface area contributed by atoms with E-state index in [1.54, 1.807) is 12.3 Å². The van der Waals surface area contributed by atoms with Gasteiger partial charge in [0, 0.05) is 16.6 Å². The first-order valence-electron chi connectivity index (χ1n) is 6.17. The number of non-ortho nitro benzene ring substituents is 1. The van der Waals surface area contributed by atoms with Crippen LogP contribution < -0.4 is 5.73 Å². The summed E-state index contributed by atoms with van der Waals surface area (Å²) in [6.45, 7) is 0.657. The van der Waals surface area contributed by atoms with Crippen molar-refractivity contribution in [3.05, 3.63) is 44.7 Å². The van der Waals surface area contributed by atoms with Crippen LogP contribution in [0.1, 0.15) is 18.5 Å². The van der Waals surface area contributed by atoms with Gasteiger partial charge in [0.2, 0.25) is 0 Å². The molecule has 0 fully saturated rings. The fraction of sp³-hybridized carbons (Fsp3) is 0.333. The van der Waals surface area contributed by atoms with Gasteiger partial charge in [-0.1, -0.05) is 5.21 Å². The Labute approximate surface area is 124 Å². The molecule has 0 aliphatic rings. The maximum Gasteiger partial charge on any atom is 0.271 e. The van der Waals surface area contributed by atoms with E-state index in [9.17, 15) is 10.1 Å². The molecule has 0 aliphatic carbocycles. The zero-order chi connectivity index (χ0) is 14.5. The summed E-state index contributed by atoms with van der Waals surface area (Å²) in [4.78, 5) is 10.4. The maximum absolute atomic E-state index is 10.8. The van der Waals surface area contributed by atoms with Gasteiger partial charge in [-0.25, -0.2) is 4.68 Å². The van der Waals surface area contributed by atoms with Crippen molar-refractivity contribution in [1.82, 2.24) is 15.0 Å². The highest BCUT2D eigenvalue weighted by molar-refractivity contribution is 9.10. The molecule has 0 atom stereocenters. The van der Waals surface area contributed by atoms with Crippen LogP contribution in [-0.4, -0.2) is 26.5 Å². The van der Waals surface area contributed by atoms with Gasteiger partial charge in [0.15, 0.2) is 0 Å². The Kier molecular flexibility index (Phi) is 4.80. The van der Waals surface area contributed by atoms with Gasteiger partial charge in [-0.3, -0.25) is 10.1 Å². The van der Waals surface area contributed by atoms with E-state index in [0.717, 1.165) is 29.4 Å². The summed E-state index contributed by atoms with van der Waals surface area (Å²) in [5, 5.41) is 18.9. The zero-order valence-electron chi connectivity index (χ0n) is 10.7. The molecule has 2 N–H and O–H groups in total. The molecule has 1 heterocycles. The van der Waals surface area contributed by atoms with Crippen LogP contribution in [0.15, 0.2) is 28.9 Å². The lowest BCUT2D eigenvalue weighted by atomic mass is 10.2. The van der Waals surface area contributed by atoms with E-state index >= 15 is 0 Å². The Morgan fingerprint density at radius 3 is 2.90 bits per heavy atom. The number of hydrogen-bond acceptors (Lipinski definition) is 5. The van der Waals surface area contributed by atoms with E-state index in [2.05, 4.69) is 26.2 Å². The molecule has 1 aromatic heterocycles. The predicted octanol–water partition coefficient (Wildman–Crippen LogP) is 2.22. The fourth-order valence-electron chi connectivity index (χ4n) is 1.77. The van der Waals surface area contributed by atoms with Crippen LogP contribution in [0.25, 0.3) is 5.69 Å². The first-order chi connectivity index (χ1) is 9.61. The van der Waals surface area contributed by atoms with Crippen molar-refractivity contribution >= 4 is 21.6 Å². The van der Waals surface area contributed by atoms with Crippen molar-refractivity contribution in [2.45, 2.75) is 19.3 Å². The maximum atomic E-state index is 10.8. The van der Waals surface area contributed by atoms with E-state index in [-0.39, 0.29) is 5.69 Å². The van der Waals surface area contributed by atoms with E-state index < -0.39 is 4.92 Å². The van der Waals surface area contributed by atoms with Crippen LogP contribution in [0, 0.1) is 10.1 Å². The van der Waals surface area contributed by atoms with Crippen LogP contribution in [0.3, 0.4) is 0 Å². The second-order valence-corrected chi connectivity index (χ2v) is 5.15. The Balaban J connectivity index is 2.23. The van der Waals surface area contributed by atoms with E-state index in [1.807, 2.05) is 0 Å². The lowest BCUT2D eigenvalue weighted by Gasteiger charge is -2.02. The summed E-state index contributed by atoms with van der Waals surface area (Å²) in [6, 6.07) is 4.53. The largest absolute Gasteiger partial charge is 0.330 e. The Morgan fingerprint density at radius 2 is 2.20 bits per heavy atom. The first-order valence-corrected chi connectivity index (χ1v) is 6.96. The number of benzene rings is 1. The summed E-state index contributed by atoms with van der Waals surface area (Å²) >= 11 is 3.36. The standard InChI is InChI=1S/C12H14BrN5O2/c13-11-5-4-10(18(19)20)7-12(11)17-8-9(15-16-17)3-1-2-6-14/h4-5,7-8H,1-3,6,14H2. The number of nitro groups is 1. The molecule has 20 heavy (non-hydrogen) atoms. The van der Waals surface area contributed by atoms with Gasteiger partial charge in [0.25, 0.3) is 5.69 Å². The molecule has 0 bridgehead atoms. The number of halogens is 1. The second kappa shape index (κ2) is 6.58. The van der Waals surface area contributed by atoms with Gasteiger partial charge in [-0.2, -0.15) is 0 Å². The van der Waals surface area contributed by atoms with Gasteiger partial charge >= 0.3 is 0 Å². The minimum absolute atomic E-state index is 0.0170. The summed E-state index contributed by atoms with van der Waals surface area (Å²) < 4.78 is 2.26. The van der Waals surface area contributed by atoms with Crippen LogP contribution in [0.4, 0.5) is 5.69 Å². The highest BCUT2D eigenvalue weighted by atomic mass is 79.9. The number of nitrogens with two attached hydrogens (primary N) is 1. The number of aryl methyl sites for hydroxylation is 1. The second-order valence-electron chi connectivity index (χ2n) is 4.29. The summed E-state index contributed by atoms with van der Waals surface area (Å²) in [5.74, 6) is 0. The molecule has 106 valence electrons. The van der Waals surface area contributed by atoms with Gasteiger partial charge in [0.05, 0.1) is 22.5 Å². The molecule has 0 radical (unpaired) electrons. The first kappa shape index (κ1) is 14.6. The average molecular weight is 340 g/mol. The molecule has 0 saturated carbocycles. The highest BCUT2D eigenvalue weighted by Gasteiger charge is 2.12. The van der Waals surface area contributed by atoms with Crippen molar-refractivity contribution in [3.8, 4) is 5.69 Å². The third-order valence-corrected chi connectivity index (χ3v) is 3.49. The predicted molar refractivity (Wildman–Crippen MR) is 77.7 cm³/mol. The van der Waals surface area contributed by atoms with E-state index in [0.29, 0.717) is 12.2 Å². The molecule has 0 aliphatic heterocycles. The normalized spacial score (nSPS) is 10.7. The lowest BCUT2D eigenvalue weighted by molar-refractivity contribution is -0.384. The third kappa shape index (κ3) is 3.40. The minimum atomic E-state index is -0.435. The molecule has 7 nitrogen and oxygen atoms in total. The SMILES string of the molecule is NCCCCc1cn(-c2cc([N+](=O)[O-])ccc2Br)nn1. The molecule has 1 aromatic carbocycles. The van der Waals surface area contributed by atoms with Gasteiger partial charge in [-0.05, 0) is 47.8 Å². The number of aromatic nitrogens is 3. The molecule has 0 saturated heterocycles. The number of hydrogen-bond donors (Lipinski definition) is 1. The van der Waals surface area contributed by atoms with Crippen molar-refractivity contribution < 1.29 is 4.92 Å². The number of unbranched alkanes of at least 4 members (excludes halogenated alkanes) is 1. The molecule has 2 aromatic rings. The van der Waals surface area contributed by atoms with Gasteiger partial charge < -0.3 is 5.73 Å². The highest BCUT2D eigenvalue weighted by Crippen LogP contribution is 2.25. The molecular formula is C12H14BrN5O2. The zero-order valence-corrected chi connectivity index (χ0v) is 12.3. The average Bonchev–Trinajstić information content (AvgIpc) is 2.88. The third-order valence-electron chi connectivity index (χ3n) is 2.82. The number of nitro benzene ring substituents is 1. The molecule has 8 heteroatoms. The smallest absolute Gasteiger partial charge is 0.271 e. The van der Waals surface area contributed by atoms with Crippen LogP contribution >= 0.6 is 15.9 Å². The topological polar surface area (TPSA) is 99.9 Å². The van der Waals surface area contributed by atoms with Gasteiger partial charge in [-0.15, -0.1) is 5.10 Å². The Bertz CT molecular complexity index is 614. The van der Waals surface area contributed by atoms with E-state index in [4.69, 9.17) is 5.73 Å². The van der Waals surface area contributed by atoms with Crippen molar-refractivity contribution in [2.75, 3.05) is 6.54 Å². The lowest BCUT2D eigenvalue weighted by Crippen LogP contribution is -1.99. The summed E-state index contributed by atoms with van der Waals surface area (Å²) in [5.41, 5.74) is 6.90.